The average Bonchev–Trinajstić information content (AvgIpc) is 2.59. The minimum Gasteiger partial charge on any atom is -0.330 e. The van der Waals surface area contributed by atoms with Gasteiger partial charge in [0.15, 0.2) is 0 Å². The fraction of sp³-hybridized carbons (Fsp3) is 0.364. The molecular weight excluding hydrogens is 210 g/mol. The van der Waals surface area contributed by atoms with Crippen LogP contribution < -0.4 is 5.73 Å². The van der Waals surface area contributed by atoms with Crippen LogP contribution >= 0.6 is 11.6 Å². The molecule has 0 spiro atoms. The highest BCUT2D eigenvalue weighted by atomic mass is 35.5. The Balaban J connectivity index is 2.63. The number of fused-ring (bicyclic) bond motifs is 1. The summed E-state index contributed by atoms with van der Waals surface area (Å²) in [7, 11) is 1.89. The van der Waals surface area contributed by atoms with Crippen LogP contribution in [0.2, 0.25) is 5.02 Å². The average molecular weight is 224 g/mol. The molecule has 0 bridgehead atoms. The standard InChI is InChI=1S/C11H14ClN3/c1-7(5-13)8-3-9-6-14-15(2)11(9)10(12)4-8/h3-4,6-7H,5,13H2,1-2H3. The molecule has 0 amide bonds. The fourth-order valence-corrected chi connectivity index (χ4v) is 2.07. The first kappa shape index (κ1) is 10.5. The molecule has 0 fully saturated rings. The summed E-state index contributed by atoms with van der Waals surface area (Å²) in [5.41, 5.74) is 7.79. The summed E-state index contributed by atoms with van der Waals surface area (Å²) in [5.74, 6) is 0.326. The molecule has 1 atom stereocenters. The first-order chi connectivity index (χ1) is 7.13. The predicted molar refractivity (Wildman–Crippen MR) is 63.2 cm³/mol. The number of hydrogen-bond acceptors (Lipinski definition) is 2. The molecule has 2 aromatic rings. The van der Waals surface area contributed by atoms with Crippen molar-refractivity contribution in [3.8, 4) is 0 Å². The summed E-state index contributed by atoms with van der Waals surface area (Å²) in [6.07, 6.45) is 1.83. The SMILES string of the molecule is CC(CN)c1cc(Cl)c2c(cnn2C)c1. The quantitative estimate of drug-likeness (QED) is 0.849. The van der Waals surface area contributed by atoms with Crippen molar-refractivity contribution in [2.45, 2.75) is 12.8 Å². The van der Waals surface area contributed by atoms with Gasteiger partial charge < -0.3 is 5.73 Å². The summed E-state index contributed by atoms with van der Waals surface area (Å²) in [4.78, 5) is 0. The lowest BCUT2D eigenvalue weighted by Gasteiger charge is -2.10. The predicted octanol–water partition coefficient (Wildman–Crippen LogP) is 2.29. The number of halogens is 1. The molecule has 4 heteroatoms. The Morgan fingerprint density at radius 1 is 1.53 bits per heavy atom. The van der Waals surface area contributed by atoms with Gasteiger partial charge in [-0.15, -0.1) is 0 Å². The summed E-state index contributed by atoms with van der Waals surface area (Å²) < 4.78 is 1.79. The second kappa shape index (κ2) is 3.83. The van der Waals surface area contributed by atoms with E-state index in [1.165, 1.54) is 5.56 Å². The Labute approximate surface area is 93.8 Å². The normalized spacial score (nSPS) is 13.3. The lowest BCUT2D eigenvalue weighted by atomic mass is 10.00. The third kappa shape index (κ3) is 1.73. The molecule has 1 aromatic heterocycles. The van der Waals surface area contributed by atoms with Crippen LogP contribution in [-0.4, -0.2) is 16.3 Å². The number of hydrogen-bond donors (Lipinski definition) is 1. The first-order valence-electron chi connectivity index (χ1n) is 4.94. The maximum absolute atomic E-state index is 6.21. The second-order valence-electron chi connectivity index (χ2n) is 3.85. The minimum atomic E-state index is 0.326. The van der Waals surface area contributed by atoms with E-state index in [1.807, 2.05) is 19.3 Å². The van der Waals surface area contributed by atoms with Gasteiger partial charge in [0.2, 0.25) is 0 Å². The first-order valence-corrected chi connectivity index (χ1v) is 5.32. The highest BCUT2D eigenvalue weighted by molar-refractivity contribution is 6.35. The minimum absolute atomic E-state index is 0.326. The molecule has 0 aliphatic carbocycles. The third-order valence-electron chi connectivity index (χ3n) is 2.73. The smallest absolute Gasteiger partial charge is 0.0865 e. The molecule has 0 saturated carbocycles. The van der Waals surface area contributed by atoms with Crippen LogP contribution in [0.15, 0.2) is 18.3 Å². The topological polar surface area (TPSA) is 43.8 Å². The summed E-state index contributed by atoms with van der Waals surface area (Å²) in [6.45, 7) is 2.72. The van der Waals surface area contributed by atoms with Crippen LogP contribution in [0.5, 0.6) is 0 Å². The van der Waals surface area contributed by atoms with Gasteiger partial charge in [-0.2, -0.15) is 5.10 Å². The number of aromatic nitrogens is 2. The van der Waals surface area contributed by atoms with Crippen molar-refractivity contribution in [3.63, 3.8) is 0 Å². The Hall–Kier alpha value is -1.06. The highest BCUT2D eigenvalue weighted by Crippen LogP contribution is 2.27. The molecule has 1 heterocycles. The Kier molecular flexibility index (Phi) is 2.67. The molecule has 0 radical (unpaired) electrons. The highest BCUT2D eigenvalue weighted by Gasteiger charge is 2.10. The van der Waals surface area contributed by atoms with Crippen molar-refractivity contribution in [2.75, 3.05) is 6.54 Å². The Morgan fingerprint density at radius 2 is 2.27 bits per heavy atom. The lowest BCUT2D eigenvalue weighted by molar-refractivity contribution is 0.774. The van der Waals surface area contributed by atoms with Gasteiger partial charge in [-0.25, -0.2) is 0 Å². The number of aryl methyl sites for hydroxylation is 1. The van der Waals surface area contributed by atoms with E-state index < -0.39 is 0 Å². The van der Waals surface area contributed by atoms with Crippen LogP contribution in [0, 0.1) is 0 Å². The van der Waals surface area contributed by atoms with Gasteiger partial charge >= 0.3 is 0 Å². The molecule has 2 N–H and O–H groups in total. The molecule has 3 nitrogen and oxygen atoms in total. The van der Waals surface area contributed by atoms with E-state index >= 15 is 0 Å². The summed E-state index contributed by atoms with van der Waals surface area (Å²) >= 11 is 6.21. The molecule has 0 saturated heterocycles. The molecule has 0 aliphatic rings. The van der Waals surface area contributed by atoms with E-state index in [0.29, 0.717) is 12.5 Å². The molecule has 0 aliphatic heterocycles. The molecule has 1 unspecified atom stereocenters. The number of rotatable bonds is 2. The van der Waals surface area contributed by atoms with Crippen molar-refractivity contribution in [1.29, 1.82) is 0 Å². The summed E-state index contributed by atoms with van der Waals surface area (Å²) in [6, 6.07) is 4.08. The zero-order chi connectivity index (χ0) is 11.0. The number of nitrogens with two attached hydrogens (primary N) is 1. The fourth-order valence-electron chi connectivity index (χ4n) is 1.71. The van der Waals surface area contributed by atoms with Crippen molar-refractivity contribution in [2.24, 2.45) is 12.8 Å². The third-order valence-corrected chi connectivity index (χ3v) is 3.02. The van der Waals surface area contributed by atoms with Crippen LogP contribution in [-0.2, 0) is 7.05 Å². The van der Waals surface area contributed by atoms with Gasteiger partial charge in [0.1, 0.15) is 0 Å². The molecule has 2 rings (SSSR count). The monoisotopic (exact) mass is 223 g/mol. The number of nitrogens with zero attached hydrogens (tertiary/aromatic N) is 2. The molecule has 80 valence electrons. The van der Waals surface area contributed by atoms with E-state index in [0.717, 1.165) is 15.9 Å². The summed E-state index contributed by atoms with van der Waals surface area (Å²) in [5, 5.41) is 5.99. The van der Waals surface area contributed by atoms with Crippen molar-refractivity contribution < 1.29 is 0 Å². The van der Waals surface area contributed by atoms with Crippen LogP contribution in [0.25, 0.3) is 10.9 Å². The number of benzene rings is 1. The van der Waals surface area contributed by atoms with E-state index in [9.17, 15) is 0 Å². The van der Waals surface area contributed by atoms with Gasteiger partial charge in [0, 0.05) is 12.4 Å². The molecule has 1 aromatic carbocycles. The molecule has 15 heavy (non-hydrogen) atoms. The van der Waals surface area contributed by atoms with Gasteiger partial charge in [-0.05, 0) is 30.2 Å². The van der Waals surface area contributed by atoms with Crippen LogP contribution in [0.3, 0.4) is 0 Å². The van der Waals surface area contributed by atoms with Gasteiger partial charge in [0.25, 0.3) is 0 Å². The van der Waals surface area contributed by atoms with Gasteiger partial charge in [-0.3, -0.25) is 4.68 Å². The molecular formula is C11H14ClN3. The largest absolute Gasteiger partial charge is 0.330 e. The van der Waals surface area contributed by atoms with Crippen molar-refractivity contribution >= 4 is 22.5 Å². The van der Waals surface area contributed by atoms with Crippen LogP contribution in [0.1, 0.15) is 18.4 Å². The second-order valence-corrected chi connectivity index (χ2v) is 4.25. The van der Waals surface area contributed by atoms with Crippen LogP contribution in [0.4, 0.5) is 0 Å². The van der Waals surface area contributed by atoms with Crippen molar-refractivity contribution in [1.82, 2.24) is 9.78 Å². The van der Waals surface area contributed by atoms with Gasteiger partial charge in [-0.1, -0.05) is 18.5 Å². The van der Waals surface area contributed by atoms with Gasteiger partial charge in [0.05, 0.1) is 16.7 Å². The van der Waals surface area contributed by atoms with Crippen molar-refractivity contribution in [3.05, 3.63) is 28.9 Å². The Bertz CT molecular complexity index is 490. The van der Waals surface area contributed by atoms with E-state index in [2.05, 4.69) is 18.1 Å². The maximum atomic E-state index is 6.21. The lowest BCUT2D eigenvalue weighted by Crippen LogP contribution is -2.08. The van der Waals surface area contributed by atoms with E-state index in [4.69, 9.17) is 17.3 Å². The maximum Gasteiger partial charge on any atom is 0.0865 e. The zero-order valence-corrected chi connectivity index (χ0v) is 9.62. The zero-order valence-electron chi connectivity index (χ0n) is 8.87. The van der Waals surface area contributed by atoms with E-state index in [-0.39, 0.29) is 0 Å². The Morgan fingerprint density at radius 3 is 2.93 bits per heavy atom. The van der Waals surface area contributed by atoms with E-state index in [1.54, 1.807) is 4.68 Å².